The molecule has 0 aromatic heterocycles. The summed E-state index contributed by atoms with van der Waals surface area (Å²) in [6.07, 6.45) is 0.126. The summed E-state index contributed by atoms with van der Waals surface area (Å²) in [6.45, 7) is 5.54. The zero-order chi connectivity index (χ0) is 13.8. The van der Waals surface area contributed by atoms with Gasteiger partial charge in [0.25, 0.3) is 0 Å². The van der Waals surface area contributed by atoms with Gasteiger partial charge in [-0.1, -0.05) is 0 Å². The molecule has 0 aliphatic rings. The summed E-state index contributed by atoms with van der Waals surface area (Å²) in [5, 5.41) is 2.66. The Bertz CT molecular complexity index is 449. The average Bonchev–Trinajstić information content (AvgIpc) is 2.27. The Balaban J connectivity index is 2.84. The smallest absolute Gasteiger partial charge is 0.413 e. The maximum absolute atomic E-state index is 11.6. The van der Waals surface area contributed by atoms with E-state index in [1.807, 2.05) is 20.8 Å². The highest BCUT2D eigenvalue weighted by Crippen LogP contribution is 2.27. The number of aldehydes is 1. The van der Waals surface area contributed by atoms with Crippen LogP contribution in [-0.4, -0.2) is 25.0 Å². The van der Waals surface area contributed by atoms with E-state index in [1.54, 1.807) is 6.07 Å². The molecule has 1 amide bonds. The van der Waals surface area contributed by atoms with Crippen LogP contribution in [0.25, 0.3) is 0 Å². The third-order valence-electron chi connectivity index (χ3n) is 2.00. The fraction of sp³-hybridized carbons (Fsp3) is 0.385. The van der Waals surface area contributed by atoms with E-state index in [1.165, 1.54) is 19.2 Å². The van der Waals surface area contributed by atoms with Crippen molar-refractivity contribution < 1.29 is 19.1 Å². The second-order valence-corrected chi connectivity index (χ2v) is 4.79. The molecule has 5 nitrogen and oxygen atoms in total. The monoisotopic (exact) mass is 251 g/mol. The summed E-state index contributed by atoms with van der Waals surface area (Å²) in [4.78, 5) is 22.2. The molecule has 1 N–H and O–H groups in total. The minimum Gasteiger partial charge on any atom is -0.493 e. The largest absolute Gasteiger partial charge is 0.493 e. The molecule has 1 rings (SSSR count). The summed E-state index contributed by atoms with van der Waals surface area (Å²) in [5.41, 5.74) is 0.0722. The molecule has 0 aliphatic heterocycles. The molecule has 5 heteroatoms. The van der Waals surface area contributed by atoms with E-state index in [9.17, 15) is 9.59 Å². The zero-order valence-corrected chi connectivity index (χ0v) is 10.9. The number of carbonyl (C=O) groups is 2. The van der Waals surface area contributed by atoms with Crippen molar-refractivity contribution in [1.82, 2.24) is 5.32 Å². The molecule has 98 valence electrons. The van der Waals surface area contributed by atoms with E-state index in [2.05, 4.69) is 5.32 Å². The van der Waals surface area contributed by atoms with Gasteiger partial charge in [-0.15, -0.1) is 0 Å². The number of amides is 1. The van der Waals surface area contributed by atoms with Crippen molar-refractivity contribution in [2.24, 2.45) is 0 Å². The standard InChI is InChI=1S/C13H17NO4/c1-13(2,3)14-12(16)18-10-6-5-9(8-15)7-11(10)17-4/h5-8H,1-4H3,(H,14,16). The predicted octanol–water partition coefficient (Wildman–Crippen LogP) is 2.39. The van der Waals surface area contributed by atoms with Gasteiger partial charge in [-0.2, -0.15) is 0 Å². The van der Waals surface area contributed by atoms with Crippen LogP contribution in [-0.2, 0) is 0 Å². The number of hydrogen-bond acceptors (Lipinski definition) is 4. The Morgan fingerprint density at radius 1 is 1.28 bits per heavy atom. The maximum atomic E-state index is 11.6. The first-order valence-corrected chi connectivity index (χ1v) is 5.49. The van der Waals surface area contributed by atoms with Crippen molar-refractivity contribution in [2.75, 3.05) is 7.11 Å². The number of carbonyl (C=O) groups excluding carboxylic acids is 2. The number of methoxy groups -OCH3 is 1. The number of benzene rings is 1. The van der Waals surface area contributed by atoms with E-state index in [0.717, 1.165) is 0 Å². The third kappa shape index (κ3) is 4.08. The Kier molecular flexibility index (Phi) is 4.31. The van der Waals surface area contributed by atoms with Gasteiger partial charge < -0.3 is 14.8 Å². The van der Waals surface area contributed by atoms with Gasteiger partial charge in [0.2, 0.25) is 0 Å². The first-order valence-electron chi connectivity index (χ1n) is 5.49. The number of ether oxygens (including phenoxy) is 2. The molecule has 1 aromatic rings. The summed E-state index contributed by atoms with van der Waals surface area (Å²) in [6, 6.07) is 4.58. The second-order valence-electron chi connectivity index (χ2n) is 4.79. The van der Waals surface area contributed by atoms with E-state index < -0.39 is 6.09 Å². The number of nitrogens with one attached hydrogen (secondary N) is 1. The molecular formula is C13H17NO4. The highest BCUT2D eigenvalue weighted by atomic mass is 16.6. The van der Waals surface area contributed by atoms with Gasteiger partial charge in [0.15, 0.2) is 11.5 Å². The van der Waals surface area contributed by atoms with Gasteiger partial charge in [-0.3, -0.25) is 4.79 Å². The van der Waals surface area contributed by atoms with Crippen LogP contribution in [0.4, 0.5) is 4.79 Å². The molecule has 0 unspecified atom stereocenters. The van der Waals surface area contributed by atoms with E-state index in [4.69, 9.17) is 9.47 Å². The van der Waals surface area contributed by atoms with E-state index in [0.29, 0.717) is 17.6 Å². The van der Waals surface area contributed by atoms with Gasteiger partial charge in [-0.05, 0) is 39.0 Å². The molecule has 0 radical (unpaired) electrons. The second kappa shape index (κ2) is 5.53. The van der Waals surface area contributed by atoms with Crippen molar-refractivity contribution in [3.05, 3.63) is 23.8 Å². The predicted molar refractivity (Wildman–Crippen MR) is 67.3 cm³/mol. The Hall–Kier alpha value is -2.04. The molecule has 0 spiro atoms. The molecule has 0 bridgehead atoms. The normalized spacial score (nSPS) is 10.7. The van der Waals surface area contributed by atoms with Gasteiger partial charge in [-0.25, -0.2) is 4.79 Å². The van der Waals surface area contributed by atoms with E-state index >= 15 is 0 Å². The van der Waals surface area contributed by atoms with Crippen LogP contribution in [0, 0.1) is 0 Å². The van der Waals surface area contributed by atoms with Crippen LogP contribution in [0.5, 0.6) is 11.5 Å². The topological polar surface area (TPSA) is 64.6 Å². The Morgan fingerprint density at radius 2 is 1.94 bits per heavy atom. The summed E-state index contributed by atoms with van der Waals surface area (Å²) in [7, 11) is 1.44. The fourth-order valence-electron chi connectivity index (χ4n) is 1.27. The molecule has 0 fully saturated rings. The SMILES string of the molecule is COc1cc(C=O)ccc1OC(=O)NC(C)(C)C. The summed E-state index contributed by atoms with van der Waals surface area (Å²) in [5.74, 6) is 0.605. The first-order chi connectivity index (χ1) is 8.35. The molecule has 0 heterocycles. The van der Waals surface area contributed by atoms with Crippen LogP contribution in [0.15, 0.2) is 18.2 Å². The highest BCUT2D eigenvalue weighted by Gasteiger charge is 2.17. The maximum Gasteiger partial charge on any atom is 0.413 e. The minimum absolute atomic E-state index is 0.268. The van der Waals surface area contributed by atoms with Gasteiger partial charge in [0.05, 0.1) is 7.11 Å². The van der Waals surface area contributed by atoms with Gasteiger partial charge in [0.1, 0.15) is 6.29 Å². The molecule has 18 heavy (non-hydrogen) atoms. The third-order valence-corrected chi connectivity index (χ3v) is 2.00. The Morgan fingerprint density at radius 3 is 2.44 bits per heavy atom. The zero-order valence-electron chi connectivity index (χ0n) is 10.9. The van der Waals surface area contributed by atoms with Gasteiger partial charge >= 0.3 is 6.09 Å². The lowest BCUT2D eigenvalue weighted by Gasteiger charge is -2.20. The van der Waals surface area contributed by atoms with Gasteiger partial charge in [0, 0.05) is 11.1 Å². The van der Waals surface area contributed by atoms with Crippen molar-refractivity contribution in [2.45, 2.75) is 26.3 Å². The van der Waals surface area contributed by atoms with Crippen molar-refractivity contribution >= 4 is 12.4 Å². The quantitative estimate of drug-likeness (QED) is 0.838. The minimum atomic E-state index is -0.570. The number of rotatable bonds is 3. The molecule has 0 aliphatic carbocycles. The molecular weight excluding hydrogens is 234 g/mol. The number of hydrogen-bond donors (Lipinski definition) is 1. The van der Waals surface area contributed by atoms with Crippen LogP contribution in [0.1, 0.15) is 31.1 Å². The van der Waals surface area contributed by atoms with Crippen molar-refractivity contribution in [3.63, 3.8) is 0 Å². The van der Waals surface area contributed by atoms with Crippen LogP contribution in [0.2, 0.25) is 0 Å². The fourth-order valence-corrected chi connectivity index (χ4v) is 1.27. The van der Waals surface area contributed by atoms with Crippen LogP contribution < -0.4 is 14.8 Å². The average molecular weight is 251 g/mol. The first kappa shape index (κ1) is 14.0. The van der Waals surface area contributed by atoms with E-state index in [-0.39, 0.29) is 11.3 Å². The molecule has 0 saturated carbocycles. The highest BCUT2D eigenvalue weighted by molar-refractivity contribution is 5.77. The lowest BCUT2D eigenvalue weighted by molar-refractivity contribution is 0.112. The summed E-state index contributed by atoms with van der Waals surface area (Å²) >= 11 is 0. The molecule has 1 aromatic carbocycles. The lowest BCUT2D eigenvalue weighted by Crippen LogP contribution is -2.42. The summed E-state index contributed by atoms with van der Waals surface area (Å²) < 4.78 is 10.2. The lowest BCUT2D eigenvalue weighted by atomic mass is 10.1. The van der Waals surface area contributed by atoms with Crippen LogP contribution >= 0.6 is 0 Å². The van der Waals surface area contributed by atoms with Crippen LogP contribution in [0.3, 0.4) is 0 Å². The van der Waals surface area contributed by atoms with Crippen molar-refractivity contribution in [3.8, 4) is 11.5 Å². The van der Waals surface area contributed by atoms with Crippen molar-refractivity contribution in [1.29, 1.82) is 0 Å². The molecule has 0 saturated heterocycles. The Labute approximate surface area is 106 Å². The molecule has 0 atom stereocenters.